The molecule has 2 N–H and O–H groups in total. The summed E-state index contributed by atoms with van der Waals surface area (Å²) < 4.78 is 14.3. The van der Waals surface area contributed by atoms with Crippen molar-refractivity contribution >= 4 is 34.2 Å². The van der Waals surface area contributed by atoms with E-state index in [0.29, 0.717) is 13.1 Å². The van der Waals surface area contributed by atoms with Gasteiger partial charge in [0.1, 0.15) is 11.4 Å². The first-order valence-electron chi connectivity index (χ1n) is 7.43. The van der Waals surface area contributed by atoms with Crippen LogP contribution in [0.5, 0.6) is 0 Å². The van der Waals surface area contributed by atoms with E-state index in [4.69, 9.17) is 5.73 Å². The number of amides is 1. The van der Waals surface area contributed by atoms with Crippen molar-refractivity contribution in [2.24, 2.45) is 5.73 Å². The van der Waals surface area contributed by atoms with Gasteiger partial charge in [-0.3, -0.25) is 4.79 Å². The van der Waals surface area contributed by atoms with Gasteiger partial charge in [-0.05, 0) is 49.2 Å². The summed E-state index contributed by atoms with van der Waals surface area (Å²) >= 11 is 3.37. The topological polar surface area (TPSA) is 46.3 Å². The maximum atomic E-state index is 13.3. The highest BCUT2D eigenvalue weighted by Crippen LogP contribution is 2.23. The standard InChI is InChI=1S/C18H20BrFN2O.ClH/c1-3-22(12-13-5-4-6-16(20)11-13)17(23)18(2,21)14-7-9-15(19)10-8-14;/h4-11H,3,12,21H2,1-2H3;1H. The van der Waals surface area contributed by atoms with Crippen LogP contribution in [0.25, 0.3) is 0 Å². The Kier molecular flexibility index (Phi) is 7.39. The average Bonchev–Trinajstić information content (AvgIpc) is 2.52. The van der Waals surface area contributed by atoms with Gasteiger partial charge in [-0.1, -0.05) is 40.2 Å². The lowest BCUT2D eigenvalue weighted by Gasteiger charge is -2.31. The van der Waals surface area contributed by atoms with Crippen LogP contribution in [0.3, 0.4) is 0 Å². The van der Waals surface area contributed by atoms with Crippen LogP contribution in [0, 0.1) is 5.82 Å². The third-order valence-electron chi connectivity index (χ3n) is 3.82. The highest BCUT2D eigenvalue weighted by molar-refractivity contribution is 9.10. The van der Waals surface area contributed by atoms with Gasteiger partial charge in [-0.2, -0.15) is 0 Å². The van der Waals surface area contributed by atoms with E-state index < -0.39 is 5.54 Å². The molecular formula is C18H21BrClFN2O. The lowest BCUT2D eigenvalue weighted by atomic mass is 9.91. The minimum Gasteiger partial charge on any atom is -0.337 e. The van der Waals surface area contributed by atoms with Crippen LogP contribution >= 0.6 is 28.3 Å². The number of nitrogens with zero attached hydrogens (tertiary/aromatic N) is 1. The summed E-state index contributed by atoms with van der Waals surface area (Å²) in [4.78, 5) is 14.5. The Morgan fingerprint density at radius 3 is 2.42 bits per heavy atom. The largest absolute Gasteiger partial charge is 0.337 e. The zero-order valence-electron chi connectivity index (χ0n) is 13.6. The van der Waals surface area contributed by atoms with E-state index in [1.54, 1.807) is 24.0 Å². The van der Waals surface area contributed by atoms with E-state index in [2.05, 4.69) is 15.9 Å². The average molecular weight is 416 g/mol. The normalized spacial score (nSPS) is 12.9. The smallest absolute Gasteiger partial charge is 0.247 e. The molecule has 2 rings (SSSR count). The molecule has 130 valence electrons. The second-order valence-electron chi connectivity index (χ2n) is 5.66. The van der Waals surface area contributed by atoms with Gasteiger partial charge in [-0.25, -0.2) is 4.39 Å². The third kappa shape index (κ3) is 4.79. The van der Waals surface area contributed by atoms with E-state index in [1.165, 1.54) is 12.1 Å². The zero-order chi connectivity index (χ0) is 17.0. The molecule has 0 aliphatic carbocycles. The van der Waals surface area contributed by atoms with Gasteiger partial charge in [0.25, 0.3) is 0 Å². The van der Waals surface area contributed by atoms with Crippen LogP contribution < -0.4 is 5.73 Å². The summed E-state index contributed by atoms with van der Waals surface area (Å²) in [5.41, 5.74) is 6.66. The molecule has 1 amide bonds. The summed E-state index contributed by atoms with van der Waals surface area (Å²) in [5, 5.41) is 0. The van der Waals surface area contributed by atoms with Crippen molar-refractivity contribution in [3.05, 3.63) is 69.9 Å². The minimum absolute atomic E-state index is 0. The van der Waals surface area contributed by atoms with Crippen LogP contribution in [0.1, 0.15) is 25.0 Å². The number of hydrogen-bond acceptors (Lipinski definition) is 2. The fourth-order valence-electron chi connectivity index (χ4n) is 2.43. The lowest BCUT2D eigenvalue weighted by molar-refractivity contribution is -0.137. The fourth-order valence-corrected chi connectivity index (χ4v) is 2.70. The monoisotopic (exact) mass is 414 g/mol. The van der Waals surface area contributed by atoms with Gasteiger partial charge < -0.3 is 10.6 Å². The Hall–Kier alpha value is -1.43. The molecule has 0 aromatic heterocycles. The van der Waals surface area contributed by atoms with Crippen molar-refractivity contribution in [1.29, 1.82) is 0 Å². The van der Waals surface area contributed by atoms with Crippen molar-refractivity contribution in [1.82, 2.24) is 4.90 Å². The van der Waals surface area contributed by atoms with Crippen molar-refractivity contribution < 1.29 is 9.18 Å². The third-order valence-corrected chi connectivity index (χ3v) is 4.35. The van der Waals surface area contributed by atoms with E-state index in [0.717, 1.165) is 15.6 Å². The molecule has 0 radical (unpaired) electrons. The van der Waals surface area contributed by atoms with Gasteiger partial charge in [0, 0.05) is 17.6 Å². The van der Waals surface area contributed by atoms with Gasteiger partial charge in [0.15, 0.2) is 0 Å². The molecule has 1 atom stereocenters. The predicted octanol–water partition coefficient (Wildman–Crippen LogP) is 4.23. The summed E-state index contributed by atoms with van der Waals surface area (Å²) in [6, 6.07) is 13.6. The molecule has 0 fully saturated rings. The minimum atomic E-state index is -1.13. The molecule has 2 aromatic rings. The molecule has 0 aliphatic heterocycles. The molecule has 0 spiro atoms. The number of carbonyl (C=O) groups is 1. The maximum Gasteiger partial charge on any atom is 0.247 e. The van der Waals surface area contributed by atoms with Gasteiger partial charge in [0.2, 0.25) is 5.91 Å². The first-order valence-corrected chi connectivity index (χ1v) is 8.22. The van der Waals surface area contributed by atoms with Crippen molar-refractivity contribution in [3.8, 4) is 0 Å². The molecule has 0 saturated heterocycles. The highest BCUT2D eigenvalue weighted by Gasteiger charge is 2.34. The van der Waals surface area contributed by atoms with E-state index in [1.807, 2.05) is 31.2 Å². The second-order valence-corrected chi connectivity index (χ2v) is 6.57. The maximum absolute atomic E-state index is 13.3. The molecule has 0 saturated carbocycles. The first kappa shape index (κ1) is 20.6. The number of benzene rings is 2. The zero-order valence-corrected chi connectivity index (χ0v) is 16.0. The Labute approximate surface area is 156 Å². The molecule has 3 nitrogen and oxygen atoms in total. The van der Waals surface area contributed by atoms with Gasteiger partial charge >= 0.3 is 0 Å². The molecule has 24 heavy (non-hydrogen) atoms. The summed E-state index contributed by atoms with van der Waals surface area (Å²) in [7, 11) is 0. The summed E-state index contributed by atoms with van der Waals surface area (Å²) in [5.74, 6) is -0.499. The number of likely N-dealkylation sites (N-methyl/N-ethyl adjacent to an activating group) is 1. The Bertz CT molecular complexity index is 692. The molecular weight excluding hydrogens is 395 g/mol. The van der Waals surface area contributed by atoms with Crippen LogP contribution in [-0.2, 0) is 16.9 Å². The lowest BCUT2D eigenvalue weighted by Crippen LogP contribution is -2.50. The fraction of sp³-hybridized carbons (Fsp3) is 0.278. The molecule has 0 heterocycles. The van der Waals surface area contributed by atoms with Crippen LogP contribution in [0.15, 0.2) is 53.0 Å². The predicted molar refractivity (Wildman–Crippen MR) is 100 cm³/mol. The molecule has 0 bridgehead atoms. The molecule has 1 unspecified atom stereocenters. The quantitative estimate of drug-likeness (QED) is 0.794. The molecule has 6 heteroatoms. The van der Waals surface area contributed by atoms with Crippen molar-refractivity contribution in [2.75, 3.05) is 6.54 Å². The van der Waals surface area contributed by atoms with Crippen molar-refractivity contribution in [2.45, 2.75) is 25.9 Å². The second kappa shape index (κ2) is 8.60. The summed E-state index contributed by atoms with van der Waals surface area (Å²) in [6.45, 7) is 4.41. The summed E-state index contributed by atoms with van der Waals surface area (Å²) in [6.07, 6.45) is 0. The van der Waals surface area contributed by atoms with Crippen LogP contribution in [0.4, 0.5) is 4.39 Å². The van der Waals surface area contributed by atoms with Crippen LogP contribution in [0.2, 0.25) is 0 Å². The van der Waals surface area contributed by atoms with E-state index in [-0.39, 0.29) is 24.1 Å². The Morgan fingerprint density at radius 2 is 1.88 bits per heavy atom. The van der Waals surface area contributed by atoms with Crippen molar-refractivity contribution in [3.63, 3.8) is 0 Å². The SMILES string of the molecule is CCN(Cc1cccc(F)c1)C(=O)C(C)(N)c1ccc(Br)cc1.Cl. The number of carbonyl (C=O) groups excluding carboxylic acids is 1. The Morgan fingerprint density at radius 1 is 1.25 bits per heavy atom. The number of halogens is 3. The highest BCUT2D eigenvalue weighted by atomic mass is 79.9. The van der Waals surface area contributed by atoms with E-state index in [9.17, 15) is 9.18 Å². The van der Waals surface area contributed by atoms with E-state index >= 15 is 0 Å². The van der Waals surface area contributed by atoms with Gasteiger partial charge in [0.05, 0.1) is 0 Å². The number of rotatable bonds is 5. The Balaban J connectivity index is 0.00000288. The first-order chi connectivity index (χ1) is 10.8. The molecule has 2 aromatic carbocycles. The number of nitrogens with two attached hydrogens (primary N) is 1. The van der Waals surface area contributed by atoms with Gasteiger partial charge in [-0.15, -0.1) is 12.4 Å². The van der Waals surface area contributed by atoms with Crippen LogP contribution in [-0.4, -0.2) is 17.4 Å². The molecule has 0 aliphatic rings. The number of hydrogen-bond donors (Lipinski definition) is 1.